The van der Waals surface area contributed by atoms with Crippen LogP contribution in [0.2, 0.25) is 0 Å². The monoisotopic (exact) mass is 265 g/mol. The van der Waals surface area contributed by atoms with Gasteiger partial charge in [0.2, 0.25) is 0 Å². The second-order valence-electron chi connectivity index (χ2n) is 4.85. The van der Waals surface area contributed by atoms with Crippen molar-refractivity contribution in [3.05, 3.63) is 24.3 Å². The number of nitrogens with one attached hydrogen (secondary N) is 1. The standard InChI is InChI=1S/C15H23NOS/c1-3-6-13-11-12(9-10-17-13)16-14-7-4-5-8-15(14)18-2/h4-5,7-8,12-13,16H,3,6,9-11H2,1-2H3. The zero-order valence-corrected chi connectivity index (χ0v) is 12.1. The molecule has 2 rings (SSSR count). The molecule has 3 heteroatoms. The molecule has 1 aliphatic rings. The summed E-state index contributed by atoms with van der Waals surface area (Å²) in [7, 11) is 0. The summed E-state index contributed by atoms with van der Waals surface area (Å²) in [4.78, 5) is 1.33. The highest BCUT2D eigenvalue weighted by molar-refractivity contribution is 7.98. The van der Waals surface area contributed by atoms with E-state index in [9.17, 15) is 0 Å². The molecule has 0 spiro atoms. The molecule has 1 saturated heterocycles. The van der Waals surface area contributed by atoms with Gasteiger partial charge in [-0.15, -0.1) is 11.8 Å². The molecule has 1 heterocycles. The van der Waals surface area contributed by atoms with Crippen LogP contribution in [0.4, 0.5) is 5.69 Å². The first kappa shape index (κ1) is 13.8. The summed E-state index contributed by atoms with van der Waals surface area (Å²) < 4.78 is 5.80. The number of hydrogen-bond acceptors (Lipinski definition) is 3. The van der Waals surface area contributed by atoms with Crippen LogP contribution in [0.15, 0.2) is 29.2 Å². The molecule has 0 aromatic heterocycles. The lowest BCUT2D eigenvalue weighted by molar-refractivity contribution is 0.00595. The van der Waals surface area contributed by atoms with Crippen molar-refractivity contribution in [2.45, 2.75) is 49.6 Å². The molecule has 0 bridgehead atoms. The van der Waals surface area contributed by atoms with Crippen LogP contribution in [0, 0.1) is 0 Å². The molecule has 0 amide bonds. The molecular formula is C15H23NOS. The van der Waals surface area contributed by atoms with Gasteiger partial charge in [0.15, 0.2) is 0 Å². The van der Waals surface area contributed by atoms with E-state index in [0.29, 0.717) is 12.1 Å². The Morgan fingerprint density at radius 3 is 3.00 bits per heavy atom. The van der Waals surface area contributed by atoms with Crippen molar-refractivity contribution in [2.24, 2.45) is 0 Å². The first-order chi connectivity index (χ1) is 8.83. The summed E-state index contributed by atoms with van der Waals surface area (Å²) in [5, 5.41) is 3.69. The van der Waals surface area contributed by atoms with Crippen molar-refractivity contribution in [2.75, 3.05) is 18.2 Å². The van der Waals surface area contributed by atoms with Crippen LogP contribution in [0.1, 0.15) is 32.6 Å². The van der Waals surface area contributed by atoms with Gasteiger partial charge >= 0.3 is 0 Å². The zero-order chi connectivity index (χ0) is 12.8. The number of ether oxygens (including phenoxy) is 1. The van der Waals surface area contributed by atoms with Crippen LogP contribution >= 0.6 is 11.8 Å². The highest BCUT2D eigenvalue weighted by atomic mass is 32.2. The van der Waals surface area contributed by atoms with Crippen molar-refractivity contribution in [1.82, 2.24) is 0 Å². The predicted octanol–water partition coefficient (Wildman–Crippen LogP) is 4.17. The molecule has 2 atom stereocenters. The first-order valence-corrected chi connectivity index (χ1v) is 8.07. The quantitative estimate of drug-likeness (QED) is 0.807. The molecule has 1 N–H and O–H groups in total. The molecule has 1 aliphatic heterocycles. The van der Waals surface area contributed by atoms with E-state index < -0.39 is 0 Å². The van der Waals surface area contributed by atoms with E-state index in [0.717, 1.165) is 19.4 Å². The van der Waals surface area contributed by atoms with Gasteiger partial charge in [-0.05, 0) is 37.7 Å². The van der Waals surface area contributed by atoms with E-state index in [1.807, 2.05) is 0 Å². The molecule has 1 aromatic rings. The normalized spacial score (nSPS) is 23.9. The average molecular weight is 265 g/mol. The highest BCUT2D eigenvalue weighted by Crippen LogP contribution is 2.28. The highest BCUT2D eigenvalue weighted by Gasteiger charge is 2.22. The molecule has 18 heavy (non-hydrogen) atoms. The molecule has 0 saturated carbocycles. The van der Waals surface area contributed by atoms with E-state index in [2.05, 4.69) is 42.8 Å². The van der Waals surface area contributed by atoms with Gasteiger partial charge in [0.05, 0.1) is 6.10 Å². The second kappa shape index (κ2) is 7.05. The molecule has 2 unspecified atom stereocenters. The molecule has 100 valence electrons. The first-order valence-electron chi connectivity index (χ1n) is 6.84. The third-order valence-corrected chi connectivity index (χ3v) is 4.24. The van der Waals surface area contributed by atoms with Crippen molar-refractivity contribution in [3.8, 4) is 0 Å². The molecule has 0 radical (unpaired) electrons. The molecule has 0 aliphatic carbocycles. The minimum atomic E-state index is 0.447. The van der Waals surface area contributed by atoms with Crippen molar-refractivity contribution < 1.29 is 4.74 Å². The number of rotatable bonds is 5. The lowest BCUT2D eigenvalue weighted by Crippen LogP contribution is -2.34. The maximum atomic E-state index is 5.80. The van der Waals surface area contributed by atoms with Crippen molar-refractivity contribution >= 4 is 17.4 Å². The van der Waals surface area contributed by atoms with Gasteiger partial charge in [0, 0.05) is 23.2 Å². The van der Waals surface area contributed by atoms with E-state index in [1.54, 1.807) is 11.8 Å². The fourth-order valence-electron chi connectivity index (χ4n) is 2.52. The summed E-state index contributed by atoms with van der Waals surface area (Å²) in [5.41, 5.74) is 1.27. The largest absolute Gasteiger partial charge is 0.381 e. The third kappa shape index (κ3) is 3.66. The fourth-order valence-corrected chi connectivity index (χ4v) is 3.08. The maximum absolute atomic E-state index is 5.80. The number of benzene rings is 1. The Labute approximate surface area is 114 Å². The van der Waals surface area contributed by atoms with Gasteiger partial charge < -0.3 is 10.1 Å². The second-order valence-corrected chi connectivity index (χ2v) is 5.70. The minimum Gasteiger partial charge on any atom is -0.381 e. The lowest BCUT2D eigenvalue weighted by atomic mass is 10.00. The van der Waals surface area contributed by atoms with Gasteiger partial charge in [-0.25, -0.2) is 0 Å². The summed E-state index contributed by atoms with van der Waals surface area (Å²) >= 11 is 1.80. The SMILES string of the molecule is CCCC1CC(Nc2ccccc2SC)CCO1. The zero-order valence-electron chi connectivity index (χ0n) is 11.3. The van der Waals surface area contributed by atoms with Crippen LogP contribution in [0.25, 0.3) is 0 Å². The summed E-state index contributed by atoms with van der Waals surface area (Å²) in [6, 6.07) is 9.11. The summed E-state index contributed by atoms with van der Waals surface area (Å²) in [5.74, 6) is 0. The predicted molar refractivity (Wildman–Crippen MR) is 79.5 cm³/mol. The smallest absolute Gasteiger partial charge is 0.0594 e. The van der Waals surface area contributed by atoms with Crippen LogP contribution in [0.3, 0.4) is 0 Å². The van der Waals surface area contributed by atoms with Gasteiger partial charge in [-0.1, -0.05) is 25.5 Å². The number of thioether (sulfide) groups is 1. The van der Waals surface area contributed by atoms with Gasteiger partial charge in [-0.3, -0.25) is 0 Å². The molecular weight excluding hydrogens is 242 g/mol. The topological polar surface area (TPSA) is 21.3 Å². The van der Waals surface area contributed by atoms with Crippen LogP contribution in [-0.2, 0) is 4.74 Å². The van der Waals surface area contributed by atoms with Crippen molar-refractivity contribution in [3.63, 3.8) is 0 Å². The Balaban J connectivity index is 1.96. The van der Waals surface area contributed by atoms with E-state index in [4.69, 9.17) is 4.74 Å². The molecule has 1 aromatic carbocycles. The Hall–Kier alpha value is -0.670. The number of anilines is 1. The average Bonchev–Trinajstić information content (AvgIpc) is 2.40. The van der Waals surface area contributed by atoms with E-state index >= 15 is 0 Å². The number of hydrogen-bond donors (Lipinski definition) is 1. The molecule has 1 fully saturated rings. The van der Waals surface area contributed by atoms with Gasteiger partial charge in [0.1, 0.15) is 0 Å². The Bertz CT molecular complexity index is 367. The third-order valence-electron chi connectivity index (χ3n) is 3.44. The van der Waals surface area contributed by atoms with Crippen LogP contribution in [0.5, 0.6) is 0 Å². The Morgan fingerprint density at radius 2 is 2.22 bits per heavy atom. The van der Waals surface area contributed by atoms with Crippen LogP contribution < -0.4 is 5.32 Å². The fraction of sp³-hybridized carbons (Fsp3) is 0.600. The summed E-state index contributed by atoms with van der Waals surface area (Å²) in [6.45, 7) is 3.12. The minimum absolute atomic E-state index is 0.447. The van der Waals surface area contributed by atoms with E-state index in [-0.39, 0.29) is 0 Å². The number of para-hydroxylation sites is 1. The Morgan fingerprint density at radius 1 is 1.39 bits per heavy atom. The van der Waals surface area contributed by atoms with Crippen LogP contribution in [-0.4, -0.2) is 25.0 Å². The summed E-state index contributed by atoms with van der Waals surface area (Å²) in [6.07, 6.45) is 7.22. The maximum Gasteiger partial charge on any atom is 0.0594 e. The van der Waals surface area contributed by atoms with Gasteiger partial charge in [-0.2, -0.15) is 0 Å². The lowest BCUT2D eigenvalue weighted by Gasteiger charge is -2.31. The van der Waals surface area contributed by atoms with Gasteiger partial charge in [0.25, 0.3) is 0 Å². The molecule has 2 nitrogen and oxygen atoms in total. The van der Waals surface area contributed by atoms with E-state index in [1.165, 1.54) is 23.4 Å². The Kier molecular flexibility index (Phi) is 5.39. The van der Waals surface area contributed by atoms with Crippen molar-refractivity contribution in [1.29, 1.82) is 0 Å².